The van der Waals surface area contributed by atoms with E-state index >= 15 is 0 Å². The number of anilines is 2. The summed E-state index contributed by atoms with van der Waals surface area (Å²) in [5.41, 5.74) is -1.24. The quantitative estimate of drug-likeness (QED) is 0.444. The molecule has 1 aliphatic rings. The highest BCUT2D eigenvalue weighted by Crippen LogP contribution is 2.37. The van der Waals surface area contributed by atoms with Crippen molar-refractivity contribution in [3.63, 3.8) is 0 Å². The lowest BCUT2D eigenvalue weighted by Gasteiger charge is -2.26. The maximum Gasteiger partial charge on any atom is 0.418 e. The molecule has 1 aliphatic heterocycles. The van der Waals surface area contributed by atoms with Gasteiger partial charge in [0.2, 0.25) is 0 Å². The molecule has 4 rings (SSSR count). The smallest absolute Gasteiger partial charge is 0.418 e. The van der Waals surface area contributed by atoms with E-state index in [1.807, 2.05) is 0 Å². The standard InChI is InChI=1S/C25H24F3N3O4/c26-25(27,28)21-14-18(29-23(32)17-6-2-1-3-7-17)10-11-22(21)30-24(33)31(15-19-8-4-12-34-19)16-20-9-5-13-35-20/h1-4,6-8,10-12,14,20H,5,9,13,15-16H2,(H,29,32)(H,30,33). The predicted octanol–water partition coefficient (Wildman–Crippen LogP) is 5.76. The van der Waals surface area contributed by atoms with E-state index in [4.69, 9.17) is 9.15 Å². The molecule has 0 bridgehead atoms. The molecule has 1 unspecified atom stereocenters. The average molecular weight is 487 g/mol. The Morgan fingerprint density at radius 3 is 2.49 bits per heavy atom. The van der Waals surface area contributed by atoms with Crippen molar-refractivity contribution in [2.45, 2.75) is 31.7 Å². The number of alkyl halides is 3. The first kappa shape index (κ1) is 24.3. The van der Waals surface area contributed by atoms with Gasteiger partial charge in [0, 0.05) is 24.4 Å². The molecule has 10 heteroatoms. The Labute approximate surface area is 199 Å². The zero-order valence-corrected chi connectivity index (χ0v) is 18.7. The average Bonchev–Trinajstić information content (AvgIpc) is 3.54. The van der Waals surface area contributed by atoms with Gasteiger partial charge in [-0.2, -0.15) is 13.2 Å². The molecule has 35 heavy (non-hydrogen) atoms. The number of benzene rings is 2. The van der Waals surface area contributed by atoms with E-state index in [9.17, 15) is 22.8 Å². The van der Waals surface area contributed by atoms with E-state index in [0.29, 0.717) is 17.9 Å². The number of rotatable bonds is 7. The summed E-state index contributed by atoms with van der Waals surface area (Å²) in [5.74, 6) is -0.0511. The second kappa shape index (κ2) is 10.6. The fourth-order valence-corrected chi connectivity index (χ4v) is 3.80. The molecule has 184 valence electrons. The first-order chi connectivity index (χ1) is 16.8. The van der Waals surface area contributed by atoms with Crippen LogP contribution in [0.5, 0.6) is 0 Å². The highest BCUT2D eigenvalue weighted by molar-refractivity contribution is 6.04. The second-order valence-electron chi connectivity index (χ2n) is 8.10. The van der Waals surface area contributed by atoms with Crippen LogP contribution in [-0.4, -0.2) is 36.1 Å². The lowest BCUT2D eigenvalue weighted by molar-refractivity contribution is -0.136. The third-order valence-electron chi connectivity index (χ3n) is 5.52. The summed E-state index contributed by atoms with van der Waals surface area (Å²) >= 11 is 0. The summed E-state index contributed by atoms with van der Waals surface area (Å²) in [6.45, 7) is 0.861. The van der Waals surface area contributed by atoms with E-state index in [2.05, 4.69) is 10.6 Å². The van der Waals surface area contributed by atoms with Crippen LogP contribution < -0.4 is 10.6 Å². The second-order valence-corrected chi connectivity index (χ2v) is 8.10. The number of carbonyl (C=O) groups is 2. The van der Waals surface area contributed by atoms with Gasteiger partial charge in [0.25, 0.3) is 5.91 Å². The monoisotopic (exact) mass is 487 g/mol. The molecule has 1 atom stereocenters. The minimum absolute atomic E-state index is 0.0454. The van der Waals surface area contributed by atoms with Crippen molar-refractivity contribution in [3.05, 3.63) is 83.8 Å². The summed E-state index contributed by atoms with van der Waals surface area (Å²) < 4.78 is 52.5. The van der Waals surface area contributed by atoms with Gasteiger partial charge in [-0.15, -0.1) is 0 Å². The van der Waals surface area contributed by atoms with Crippen molar-refractivity contribution < 1.29 is 31.9 Å². The molecule has 2 N–H and O–H groups in total. The summed E-state index contributed by atoms with van der Waals surface area (Å²) in [4.78, 5) is 26.7. The number of halogens is 3. The van der Waals surface area contributed by atoms with Crippen LogP contribution >= 0.6 is 0 Å². The summed E-state index contributed by atoms with van der Waals surface area (Å²) in [6.07, 6.45) is -1.90. The molecular weight excluding hydrogens is 463 g/mol. The van der Waals surface area contributed by atoms with Crippen molar-refractivity contribution in [1.82, 2.24) is 4.90 Å². The Bertz CT molecular complexity index is 1140. The number of ether oxygens (including phenoxy) is 1. The number of amides is 3. The maximum absolute atomic E-state index is 13.9. The van der Waals surface area contributed by atoms with Crippen molar-refractivity contribution in [2.75, 3.05) is 23.8 Å². The number of carbonyl (C=O) groups excluding carboxylic acids is 2. The molecule has 0 spiro atoms. The largest absolute Gasteiger partial charge is 0.467 e. The Kier molecular flexibility index (Phi) is 7.40. The van der Waals surface area contributed by atoms with Gasteiger partial charge in [0.15, 0.2) is 0 Å². The van der Waals surface area contributed by atoms with Gasteiger partial charge >= 0.3 is 12.2 Å². The number of hydrogen-bond donors (Lipinski definition) is 2. The van der Waals surface area contributed by atoms with Crippen LogP contribution in [0.15, 0.2) is 71.3 Å². The summed E-state index contributed by atoms with van der Waals surface area (Å²) in [7, 11) is 0. The van der Waals surface area contributed by atoms with Crippen LogP contribution in [0, 0.1) is 0 Å². The van der Waals surface area contributed by atoms with Gasteiger partial charge in [-0.1, -0.05) is 18.2 Å². The van der Waals surface area contributed by atoms with E-state index in [1.165, 1.54) is 17.2 Å². The molecule has 1 fully saturated rings. The summed E-state index contributed by atoms with van der Waals surface area (Å²) in [6, 6.07) is 14.0. The third-order valence-corrected chi connectivity index (χ3v) is 5.52. The SMILES string of the molecule is O=C(Nc1ccc(NC(=O)N(Cc2ccco2)CC2CCCO2)c(C(F)(F)F)c1)c1ccccc1. The molecule has 0 radical (unpaired) electrons. The lowest BCUT2D eigenvalue weighted by atomic mass is 10.1. The fraction of sp³-hybridized carbons (Fsp3) is 0.280. The number of nitrogens with one attached hydrogen (secondary N) is 2. The van der Waals surface area contributed by atoms with E-state index in [-0.39, 0.29) is 24.9 Å². The molecule has 2 aromatic carbocycles. The topological polar surface area (TPSA) is 83.8 Å². The molecular formula is C25H24F3N3O4. The fourth-order valence-electron chi connectivity index (χ4n) is 3.80. The van der Waals surface area contributed by atoms with Gasteiger partial charge < -0.3 is 24.7 Å². The van der Waals surface area contributed by atoms with Crippen LogP contribution in [-0.2, 0) is 17.5 Å². The number of urea groups is 1. The van der Waals surface area contributed by atoms with Crippen molar-refractivity contribution in [3.8, 4) is 0 Å². The number of furan rings is 1. The Hall–Kier alpha value is -3.79. The van der Waals surface area contributed by atoms with Crippen LogP contribution in [0.4, 0.5) is 29.3 Å². The highest BCUT2D eigenvalue weighted by atomic mass is 19.4. The summed E-state index contributed by atoms with van der Waals surface area (Å²) in [5, 5.41) is 4.83. The lowest BCUT2D eigenvalue weighted by Crippen LogP contribution is -2.40. The van der Waals surface area contributed by atoms with Crippen molar-refractivity contribution >= 4 is 23.3 Å². The van der Waals surface area contributed by atoms with Crippen LogP contribution in [0.2, 0.25) is 0 Å². The predicted molar refractivity (Wildman–Crippen MR) is 123 cm³/mol. The molecule has 3 amide bonds. The van der Waals surface area contributed by atoms with E-state index in [1.54, 1.807) is 42.5 Å². The van der Waals surface area contributed by atoms with Gasteiger partial charge in [-0.05, 0) is 55.3 Å². The molecule has 0 aliphatic carbocycles. The number of nitrogens with zero attached hydrogens (tertiary/aromatic N) is 1. The van der Waals surface area contributed by atoms with E-state index < -0.39 is 29.4 Å². The minimum atomic E-state index is -4.77. The molecule has 7 nitrogen and oxygen atoms in total. The van der Waals surface area contributed by atoms with Gasteiger partial charge in [0.05, 0.1) is 30.2 Å². The maximum atomic E-state index is 13.9. The molecule has 1 saturated heterocycles. The number of hydrogen-bond acceptors (Lipinski definition) is 4. The van der Waals surface area contributed by atoms with E-state index in [0.717, 1.165) is 25.0 Å². The van der Waals surface area contributed by atoms with Gasteiger partial charge in [-0.3, -0.25) is 4.79 Å². The Morgan fingerprint density at radius 1 is 1.03 bits per heavy atom. The molecule has 1 aromatic heterocycles. The molecule has 0 saturated carbocycles. The normalized spacial score (nSPS) is 15.6. The third kappa shape index (κ3) is 6.42. The molecule has 2 heterocycles. The van der Waals surface area contributed by atoms with Crippen molar-refractivity contribution in [2.24, 2.45) is 0 Å². The van der Waals surface area contributed by atoms with Gasteiger partial charge in [0.1, 0.15) is 5.76 Å². The highest BCUT2D eigenvalue weighted by Gasteiger charge is 2.35. The molecule has 3 aromatic rings. The van der Waals surface area contributed by atoms with Crippen molar-refractivity contribution in [1.29, 1.82) is 0 Å². The van der Waals surface area contributed by atoms with Crippen LogP contribution in [0.1, 0.15) is 34.5 Å². The first-order valence-electron chi connectivity index (χ1n) is 11.1. The zero-order valence-electron chi connectivity index (χ0n) is 18.7. The first-order valence-corrected chi connectivity index (χ1v) is 11.1. The van der Waals surface area contributed by atoms with Crippen LogP contribution in [0.25, 0.3) is 0 Å². The Morgan fingerprint density at radius 2 is 1.83 bits per heavy atom. The van der Waals surface area contributed by atoms with Gasteiger partial charge in [-0.25, -0.2) is 4.79 Å². The minimum Gasteiger partial charge on any atom is -0.467 e. The zero-order chi connectivity index (χ0) is 24.8. The Balaban J connectivity index is 1.53. The van der Waals surface area contributed by atoms with Crippen LogP contribution in [0.3, 0.4) is 0 Å².